The second-order valence-electron chi connectivity index (χ2n) is 4.39. The van der Waals surface area contributed by atoms with E-state index in [1.54, 1.807) is 7.05 Å². The molecule has 0 fully saturated rings. The molecule has 1 amide bonds. The Balaban J connectivity index is 2.90. The molecular formula is C16H20FNO3. The summed E-state index contributed by atoms with van der Waals surface area (Å²) in [5, 5.41) is 8.72. The van der Waals surface area contributed by atoms with Gasteiger partial charge in [-0.15, -0.1) is 0 Å². The molecule has 4 nitrogen and oxygen atoms in total. The van der Waals surface area contributed by atoms with Crippen LogP contribution in [0.15, 0.2) is 18.2 Å². The molecule has 114 valence electrons. The molecular weight excluding hydrogens is 273 g/mol. The number of hydrogen-bond acceptors (Lipinski definition) is 3. The molecule has 0 aliphatic heterocycles. The van der Waals surface area contributed by atoms with Crippen LogP contribution in [0.1, 0.15) is 29.3 Å². The second-order valence-corrected chi connectivity index (χ2v) is 4.39. The smallest absolute Gasteiger partial charge is 0.254 e. The highest BCUT2D eigenvalue weighted by molar-refractivity contribution is 5.96. The third kappa shape index (κ3) is 5.54. The quantitative estimate of drug-likeness (QED) is 0.641. The van der Waals surface area contributed by atoms with Crippen LogP contribution in [0, 0.1) is 17.7 Å². The van der Waals surface area contributed by atoms with Crippen LogP contribution in [0.4, 0.5) is 4.39 Å². The molecule has 0 bridgehead atoms. The monoisotopic (exact) mass is 293 g/mol. The van der Waals surface area contributed by atoms with Crippen molar-refractivity contribution in [3.63, 3.8) is 0 Å². The van der Waals surface area contributed by atoms with Gasteiger partial charge in [0.2, 0.25) is 0 Å². The Hall–Kier alpha value is -1.90. The fourth-order valence-corrected chi connectivity index (χ4v) is 1.67. The molecule has 0 radical (unpaired) electrons. The molecule has 0 aliphatic rings. The van der Waals surface area contributed by atoms with Crippen molar-refractivity contribution in [2.24, 2.45) is 0 Å². The van der Waals surface area contributed by atoms with Gasteiger partial charge >= 0.3 is 0 Å². The van der Waals surface area contributed by atoms with E-state index in [1.807, 2.05) is 6.92 Å². The van der Waals surface area contributed by atoms with Gasteiger partial charge < -0.3 is 14.7 Å². The summed E-state index contributed by atoms with van der Waals surface area (Å²) in [6, 6.07) is 3.90. The molecule has 0 saturated heterocycles. The number of nitrogens with zero attached hydrogens (tertiary/aromatic N) is 1. The van der Waals surface area contributed by atoms with Crippen LogP contribution < -0.4 is 0 Å². The zero-order valence-electron chi connectivity index (χ0n) is 12.4. The maximum atomic E-state index is 13.3. The minimum Gasteiger partial charge on any atom is -0.395 e. The molecule has 21 heavy (non-hydrogen) atoms. The molecule has 0 atom stereocenters. The fourth-order valence-electron chi connectivity index (χ4n) is 1.67. The Morgan fingerprint density at radius 2 is 2.24 bits per heavy atom. The number of aliphatic hydroxyl groups is 1. The van der Waals surface area contributed by atoms with Crippen molar-refractivity contribution in [1.29, 1.82) is 0 Å². The number of hydrogen-bond donors (Lipinski definition) is 1. The van der Waals surface area contributed by atoms with Gasteiger partial charge in [-0.05, 0) is 25.1 Å². The highest BCUT2D eigenvalue weighted by atomic mass is 19.1. The minimum absolute atomic E-state index is 0.0696. The van der Waals surface area contributed by atoms with Crippen molar-refractivity contribution in [3.05, 3.63) is 35.1 Å². The average Bonchev–Trinajstić information content (AvgIpc) is 2.47. The Bertz CT molecular complexity index is 534. The molecule has 1 N–H and O–H groups in total. The first kappa shape index (κ1) is 17.2. The molecule has 0 aliphatic carbocycles. The van der Waals surface area contributed by atoms with Crippen molar-refractivity contribution in [3.8, 4) is 11.8 Å². The first-order chi connectivity index (χ1) is 10.1. The van der Waals surface area contributed by atoms with Crippen LogP contribution in [0.2, 0.25) is 0 Å². The SMILES string of the molecule is CCOCCN(C)C(=O)c1ccc(F)cc1C#CCCO. The lowest BCUT2D eigenvalue weighted by Gasteiger charge is -2.17. The molecule has 0 saturated carbocycles. The van der Waals surface area contributed by atoms with Gasteiger partial charge in [-0.2, -0.15) is 0 Å². The van der Waals surface area contributed by atoms with Crippen LogP contribution in [0.25, 0.3) is 0 Å². The standard InChI is InChI=1S/C16H20FNO3/c1-3-21-11-9-18(2)16(20)15-8-7-14(17)12-13(15)6-4-5-10-19/h7-8,12,19H,3,5,9-11H2,1-2H3. The van der Waals surface area contributed by atoms with Crippen molar-refractivity contribution >= 4 is 5.91 Å². The van der Waals surface area contributed by atoms with E-state index in [9.17, 15) is 9.18 Å². The summed E-state index contributed by atoms with van der Waals surface area (Å²) < 4.78 is 18.5. The molecule has 1 aromatic rings. The zero-order chi connectivity index (χ0) is 15.7. The molecule has 0 aromatic heterocycles. The van der Waals surface area contributed by atoms with Crippen LogP contribution in [-0.4, -0.2) is 49.3 Å². The van der Waals surface area contributed by atoms with Crippen molar-refractivity contribution < 1.29 is 19.0 Å². The van der Waals surface area contributed by atoms with Crippen molar-refractivity contribution in [2.45, 2.75) is 13.3 Å². The first-order valence-corrected chi connectivity index (χ1v) is 6.82. The minimum atomic E-state index is -0.447. The maximum absolute atomic E-state index is 13.3. The Morgan fingerprint density at radius 1 is 1.48 bits per heavy atom. The molecule has 1 aromatic carbocycles. The summed E-state index contributed by atoms with van der Waals surface area (Å²) in [6.07, 6.45) is 0.282. The van der Waals surface area contributed by atoms with Crippen LogP contribution >= 0.6 is 0 Å². The number of likely N-dealkylation sites (N-methyl/N-ethyl adjacent to an activating group) is 1. The molecule has 0 unspecified atom stereocenters. The number of amides is 1. The van der Waals surface area contributed by atoms with Gasteiger partial charge in [0, 0.05) is 32.2 Å². The van der Waals surface area contributed by atoms with E-state index in [1.165, 1.54) is 23.1 Å². The van der Waals surface area contributed by atoms with Gasteiger partial charge in [-0.3, -0.25) is 4.79 Å². The van der Waals surface area contributed by atoms with E-state index in [4.69, 9.17) is 9.84 Å². The number of benzene rings is 1. The van der Waals surface area contributed by atoms with Gasteiger partial charge in [-0.25, -0.2) is 4.39 Å². The lowest BCUT2D eigenvalue weighted by Crippen LogP contribution is -2.30. The maximum Gasteiger partial charge on any atom is 0.254 e. The number of carbonyl (C=O) groups is 1. The lowest BCUT2D eigenvalue weighted by molar-refractivity contribution is 0.0709. The second kappa shape index (κ2) is 9.11. The molecule has 5 heteroatoms. The van der Waals surface area contributed by atoms with E-state index < -0.39 is 5.82 Å². The summed E-state index contributed by atoms with van der Waals surface area (Å²) in [5.41, 5.74) is 0.678. The molecule has 0 heterocycles. The number of aliphatic hydroxyl groups excluding tert-OH is 1. The predicted octanol–water partition coefficient (Wildman–Crippen LogP) is 1.67. The normalized spacial score (nSPS) is 9.90. The Kier molecular flexibility index (Phi) is 7.44. The Morgan fingerprint density at radius 3 is 2.90 bits per heavy atom. The highest BCUT2D eigenvalue weighted by Crippen LogP contribution is 2.12. The van der Waals surface area contributed by atoms with Crippen LogP contribution in [0.3, 0.4) is 0 Å². The number of rotatable bonds is 6. The van der Waals surface area contributed by atoms with Gasteiger partial charge in [0.15, 0.2) is 0 Å². The number of halogens is 1. The molecule has 0 spiro atoms. The van der Waals surface area contributed by atoms with E-state index in [-0.39, 0.29) is 18.9 Å². The Labute approximate surface area is 124 Å². The number of ether oxygens (including phenoxy) is 1. The summed E-state index contributed by atoms with van der Waals surface area (Å²) in [6.45, 7) is 3.31. The predicted molar refractivity (Wildman–Crippen MR) is 78.4 cm³/mol. The third-order valence-corrected chi connectivity index (χ3v) is 2.79. The van der Waals surface area contributed by atoms with Crippen LogP contribution in [0.5, 0.6) is 0 Å². The van der Waals surface area contributed by atoms with Gasteiger partial charge in [0.25, 0.3) is 5.91 Å². The fraction of sp³-hybridized carbons (Fsp3) is 0.438. The van der Waals surface area contributed by atoms with Crippen LogP contribution in [-0.2, 0) is 4.74 Å². The number of carbonyl (C=O) groups excluding carboxylic acids is 1. The summed E-state index contributed by atoms with van der Waals surface area (Å²) in [7, 11) is 1.66. The zero-order valence-corrected chi connectivity index (χ0v) is 12.4. The average molecular weight is 293 g/mol. The van der Waals surface area contributed by atoms with E-state index in [2.05, 4.69) is 11.8 Å². The van der Waals surface area contributed by atoms with E-state index in [0.717, 1.165) is 0 Å². The molecule has 1 rings (SSSR count). The topological polar surface area (TPSA) is 49.8 Å². The summed E-state index contributed by atoms with van der Waals surface area (Å²) in [4.78, 5) is 13.8. The highest BCUT2D eigenvalue weighted by Gasteiger charge is 2.15. The first-order valence-electron chi connectivity index (χ1n) is 6.82. The van der Waals surface area contributed by atoms with E-state index >= 15 is 0 Å². The third-order valence-electron chi connectivity index (χ3n) is 2.79. The van der Waals surface area contributed by atoms with Crippen molar-refractivity contribution in [1.82, 2.24) is 4.90 Å². The summed E-state index contributed by atoms with van der Waals surface area (Å²) >= 11 is 0. The van der Waals surface area contributed by atoms with Crippen molar-refractivity contribution in [2.75, 3.05) is 33.4 Å². The van der Waals surface area contributed by atoms with E-state index in [0.29, 0.717) is 30.9 Å². The summed E-state index contributed by atoms with van der Waals surface area (Å²) in [5.74, 6) is 4.75. The largest absolute Gasteiger partial charge is 0.395 e. The van der Waals surface area contributed by atoms with Gasteiger partial charge in [-0.1, -0.05) is 11.8 Å². The van der Waals surface area contributed by atoms with Gasteiger partial charge in [0.1, 0.15) is 5.82 Å². The van der Waals surface area contributed by atoms with Gasteiger partial charge in [0.05, 0.1) is 18.8 Å². The lowest BCUT2D eigenvalue weighted by atomic mass is 10.1.